The van der Waals surface area contributed by atoms with Gasteiger partial charge in [0.05, 0.1) is 0 Å². The summed E-state index contributed by atoms with van der Waals surface area (Å²) < 4.78 is 0. The lowest BCUT2D eigenvalue weighted by molar-refractivity contribution is -0.00944. The highest BCUT2D eigenvalue weighted by atomic mass is 15.0. The van der Waals surface area contributed by atoms with Crippen molar-refractivity contribution >= 4 is 0 Å². The first-order valence-electron chi connectivity index (χ1n) is 8.56. The largest absolute Gasteiger partial charge is 0.221 e. The summed E-state index contributed by atoms with van der Waals surface area (Å²) in [5, 5.41) is 0. The van der Waals surface area contributed by atoms with Crippen molar-refractivity contribution in [2.24, 2.45) is 17.8 Å². The minimum atomic E-state index is 0.251. The lowest BCUT2D eigenvalue weighted by atomic mass is 9.49. The molecule has 0 saturated heterocycles. The van der Waals surface area contributed by atoms with E-state index in [-0.39, 0.29) is 5.41 Å². The Hall–Kier alpha value is -1.77. The average Bonchev–Trinajstić information content (AvgIpc) is 2.55. The summed E-state index contributed by atoms with van der Waals surface area (Å²) >= 11 is 0. The zero-order valence-electron chi connectivity index (χ0n) is 12.8. The van der Waals surface area contributed by atoms with Gasteiger partial charge in [0.15, 0.2) is 5.82 Å². The molecule has 1 aromatic carbocycles. The van der Waals surface area contributed by atoms with Crippen LogP contribution in [0.3, 0.4) is 0 Å². The molecule has 4 saturated carbocycles. The maximum Gasteiger partial charge on any atom is 0.163 e. The van der Waals surface area contributed by atoms with Gasteiger partial charge in [0.25, 0.3) is 0 Å². The molecule has 4 aliphatic carbocycles. The van der Waals surface area contributed by atoms with Crippen LogP contribution in [-0.2, 0) is 5.41 Å². The summed E-state index contributed by atoms with van der Waals surface area (Å²) in [4.78, 5) is 14.0. The highest BCUT2D eigenvalue weighted by Crippen LogP contribution is 2.60. The fourth-order valence-corrected chi connectivity index (χ4v) is 5.66. The summed E-state index contributed by atoms with van der Waals surface area (Å²) in [7, 11) is 0. The van der Waals surface area contributed by atoms with E-state index in [2.05, 4.69) is 22.1 Å². The first kappa shape index (κ1) is 12.7. The quantitative estimate of drug-likeness (QED) is 0.839. The zero-order chi connectivity index (χ0) is 14.6. The molecular weight excluding hydrogens is 270 g/mol. The van der Waals surface area contributed by atoms with Gasteiger partial charge in [-0.15, -0.1) is 0 Å². The van der Waals surface area contributed by atoms with Gasteiger partial charge in [0.2, 0.25) is 0 Å². The van der Waals surface area contributed by atoms with E-state index in [0.717, 1.165) is 35.0 Å². The third kappa shape index (κ3) is 1.91. The Labute approximate surface area is 131 Å². The molecule has 0 N–H and O–H groups in total. The molecule has 3 heteroatoms. The standard InChI is InChI=1S/C19H21N3/c1-2-4-16(5-3-1)17-20-12-21-18(22-17)19-9-13-6-14(10-19)8-15(7-13)11-19/h1-5,12-15H,6-11H2. The Bertz CT molecular complexity index is 660. The van der Waals surface area contributed by atoms with E-state index in [1.807, 2.05) is 18.2 Å². The van der Waals surface area contributed by atoms with Crippen molar-refractivity contribution in [1.82, 2.24) is 15.0 Å². The van der Waals surface area contributed by atoms with Gasteiger partial charge in [0.1, 0.15) is 12.2 Å². The maximum absolute atomic E-state index is 4.91. The van der Waals surface area contributed by atoms with E-state index in [0.29, 0.717) is 0 Å². The van der Waals surface area contributed by atoms with Crippen LogP contribution in [0.5, 0.6) is 0 Å². The minimum Gasteiger partial charge on any atom is -0.221 e. The van der Waals surface area contributed by atoms with E-state index in [1.54, 1.807) is 6.33 Å². The van der Waals surface area contributed by atoms with E-state index in [1.165, 1.54) is 38.5 Å². The zero-order valence-corrected chi connectivity index (χ0v) is 12.8. The Morgan fingerprint density at radius 2 is 1.45 bits per heavy atom. The number of rotatable bonds is 2. The molecule has 0 amide bonds. The molecule has 4 bridgehead atoms. The Balaban J connectivity index is 1.56. The predicted molar refractivity (Wildman–Crippen MR) is 85.1 cm³/mol. The van der Waals surface area contributed by atoms with Crippen LogP contribution in [0.4, 0.5) is 0 Å². The van der Waals surface area contributed by atoms with Gasteiger partial charge in [-0.1, -0.05) is 30.3 Å². The van der Waals surface area contributed by atoms with E-state index < -0.39 is 0 Å². The smallest absolute Gasteiger partial charge is 0.163 e. The molecular formula is C19H21N3. The normalized spacial score (nSPS) is 35.7. The van der Waals surface area contributed by atoms with Crippen molar-refractivity contribution in [3.63, 3.8) is 0 Å². The third-order valence-electron chi connectivity index (χ3n) is 6.12. The van der Waals surface area contributed by atoms with Crippen LogP contribution in [-0.4, -0.2) is 15.0 Å². The van der Waals surface area contributed by atoms with Crippen molar-refractivity contribution in [3.05, 3.63) is 42.5 Å². The van der Waals surface area contributed by atoms with E-state index in [9.17, 15) is 0 Å². The Morgan fingerprint density at radius 1 is 0.818 bits per heavy atom. The molecule has 6 rings (SSSR count). The second kappa shape index (κ2) is 4.61. The summed E-state index contributed by atoms with van der Waals surface area (Å²) in [6.45, 7) is 0. The Kier molecular flexibility index (Phi) is 2.67. The first-order valence-corrected chi connectivity index (χ1v) is 8.56. The van der Waals surface area contributed by atoms with Crippen LogP contribution in [0.1, 0.15) is 44.3 Å². The molecule has 0 unspecified atom stereocenters. The highest BCUT2D eigenvalue weighted by molar-refractivity contribution is 5.54. The molecule has 0 atom stereocenters. The van der Waals surface area contributed by atoms with Gasteiger partial charge in [-0.25, -0.2) is 15.0 Å². The van der Waals surface area contributed by atoms with Crippen LogP contribution in [0.2, 0.25) is 0 Å². The average molecular weight is 291 g/mol. The summed E-state index contributed by atoms with van der Waals surface area (Å²) in [6, 6.07) is 10.3. The van der Waals surface area contributed by atoms with E-state index in [4.69, 9.17) is 4.98 Å². The SMILES string of the molecule is c1ccc(-c2ncnc(C34CC5CC(CC(C5)C3)C4)n2)cc1. The van der Waals surface area contributed by atoms with E-state index >= 15 is 0 Å². The Morgan fingerprint density at radius 3 is 2.09 bits per heavy atom. The molecule has 0 aliphatic heterocycles. The number of aromatic nitrogens is 3. The van der Waals surface area contributed by atoms with Crippen molar-refractivity contribution in [2.45, 2.75) is 43.9 Å². The van der Waals surface area contributed by atoms with Crippen LogP contribution >= 0.6 is 0 Å². The van der Waals surface area contributed by atoms with Gasteiger partial charge in [-0.2, -0.15) is 0 Å². The van der Waals surface area contributed by atoms with Crippen LogP contribution in [0.15, 0.2) is 36.7 Å². The fourth-order valence-electron chi connectivity index (χ4n) is 5.66. The molecule has 22 heavy (non-hydrogen) atoms. The monoisotopic (exact) mass is 291 g/mol. The molecule has 3 nitrogen and oxygen atoms in total. The molecule has 0 radical (unpaired) electrons. The first-order chi connectivity index (χ1) is 10.8. The molecule has 1 aromatic heterocycles. The van der Waals surface area contributed by atoms with Gasteiger partial charge < -0.3 is 0 Å². The summed E-state index contributed by atoms with van der Waals surface area (Å²) in [6.07, 6.45) is 10.00. The number of hydrogen-bond donors (Lipinski definition) is 0. The molecule has 0 spiro atoms. The topological polar surface area (TPSA) is 38.7 Å². The summed E-state index contributed by atoms with van der Waals surface area (Å²) in [5.41, 5.74) is 1.34. The van der Waals surface area contributed by atoms with Gasteiger partial charge in [0, 0.05) is 11.0 Å². The van der Waals surface area contributed by atoms with Crippen molar-refractivity contribution in [2.75, 3.05) is 0 Å². The lowest BCUT2D eigenvalue weighted by Gasteiger charge is -2.55. The number of nitrogens with zero attached hydrogens (tertiary/aromatic N) is 3. The predicted octanol–water partition coefficient (Wildman–Crippen LogP) is 4.01. The molecule has 1 heterocycles. The van der Waals surface area contributed by atoms with Crippen molar-refractivity contribution in [1.29, 1.82) is 0 Å². The van der Waals surface area contributed by atoms with Crippen LogP contribution < -0.4 is 0 Å². The molecule has 2 aromatic rings. The third-order valence-corrected chi connectivity index (χ3v) is 6.12. The van der Waals surface area contributed by atoms with Gasteiger partial charge >= 0.3 is 0 Å². The maximum atomic E-state index is 4.91. The second-order valence-corrected chi connectivity index (χ2v) is 7.70. The second-order valence-electron chi connectivity index (χ2n) is 7.70. The number of hydrogen-bond acceptors (Lipinski definition) is 3. The van der Waals surface area contributed by atoms with Crippen molar-refractivity contribution in [3.8, 4) is 11.4 Å². The minimum absolute atomic E-state index is 0.251. The summed E-state index contributed by atoms with van der Waals surface area (Å²) in [5.74, 6) is 4.66. The van der Waals surface area contributed by atoms with Crippen LogP contribution in [0.25, 0.3) is 11.4 Å². The van der Waals surface area contributed by atoms with Gasteiger partial charge in [-0.3, -0.25) is 0 Å². The van der Waals surface area contributed by atoms with Crippen LogP contribution in [0, 0.1) is 17.8 Å². The molecule has 112 valence electrons. The fraction of sp³-hybridized carbons (Fsp3) is 0.526. The lowest BCUT2D eigenvalue weighted by Crippen LogP contribution is -2.49. The molecule has 4 fully saturated rings. The molecule has 4 aliphatic rings. The highest BCUT2D eigenvalue weighted by Gasteiger charge is 2.53. The van der Waals surface area contributed by atoms with Gasteiger partial charge in [-0.05, 0) is 56.3 Å². The van der Waals surface area contributed by atoms with Crippen molar-refractivity contribution < 1.29 is 0 Å². The number of benzene rings is 1.